The summed E-state index contributed by atoms with van der Waals surface area (Å²) in [6.45, 7) is 0.995. The van der Waals surface area contributed by atoms with E-state index in [1.165, 1.54) is 0 Å². The summed E-state index contributed by atoms with van der Waals surface area (Å²) in [4.78, 5) is 0. The van der Waals surface area contributed by atoms with E-state index in [4.69, 9.17) is 27.9 Å². The van der Waals surface area contributed by atoms with Crippen molar-refractivity contribution in [1.29, 1.82) is 0 Å². The Hall–Kier alpha value is -2.01. The van der Waals surface area contributed by atoms with Crippen molar-refractivity contribution < 1.29 is 4.74 Å². The SMILES string of the molecule is Clc1ccc(OCc2ccc(Br)cc2)c(/C=N\NCc2ccccc2Cl)c1. The standard InChI is InChI=1S/C21H17BrCl2N2O/c22-18-7-5-15(6-8-18)14-27-21-10-9-19(23)11-17(21)13-26-25-12-16-3-1-2-4-20(16)24/h1-11,13,25H,12,14H2/b26-13-. The lowest BCUT2D eigenvalue weighted by atomic mass is 10.2. The largest absolute Gasteiger partial charge is 0.488 e. The highest BCUT2D eigenvalue weighted by atomic mass is 79.9. The Morgan fingerprint density at radius 1 is 1.00 bits per heavy atom. The molecule has 0 atom stereocenters. The third-order valence-electron chi connectivity index (χ3n) is 3.80. The van der Waals surface area contributed by atoms with Crippen molar-refractivity contribution in [3.63, 3.8) is 0 Å². The van der Waals surface area contributed by atoms with Gasteiger partial charge < -0.3 is 10.2 Å². The van der Waals surface area contributed by atoms with Gasteiger partial charge in [-0.2, -0.15) is 5.10 Å². The minimum Gasteiger partial charge on any atom is -0.488 e. The van der Waals surface area contributed by atoms with Crippen LogP contribution >= 0.6 is 39.1 Å². The number of ether oxygens (including phenoxy) is 1. The van der Waals surface area contributed by atoms with Crippen LogP contribution in [0.25, 0.3) is 0 Å². The molecule has 0 aliphatic rings. The molecule has 0 aliphatic carbocycles. The number of rotatable bonds is 7. The van der Waals surface area contributed by atoms with Crippen LogP contribution in [0.15, 0.2) is 76.3 Å². The predicted octanol–water partition coefficient (Wildman–Crippen LogP) is 6.46. The number of hydrogen-bond acceptors (Lipinski definition) is 3. The topological polar surface area (TPSA) is 33.6 Å². The average Bonchev–Trinajstić information content (AvgIpc) is 2.67. The van der Waals surface area contributed by atoms with E-state index in [2.05, 4.69) is 26.5 Å². The lowest BCUT2D eigenvalue weighted by molar-refractivity contribution is 0.306. The molecule has 0 unspecified atom stereocenters. The van der Waals surface area contributed by atoms with E-state index in [0.717, 1.165) is 21.2 Å². The Labute approximate surface area is 177 Å². The molecule has 0 heterocycles. The van der Waals surface area contributed by atoms with Crippen LogP contribution in [0.3, 0.4) is 0 Å². The van der Waals surface area contributed by atoms with E-state index in [1.54, 1.807) is 12.3 Å². The van der Waals surface area contributed by atoms with E-state index < -0.39 is 0 Å². The Kier molecular flexibility index (Phi) is 7.16. The van der Waals surface area contributed by atoms with Gasteiger partial charge in [0.15, 0.2) is 0 Å². The zero-order valence-corrected chi connectivity index (χ0v) is 17.4. The Morgan fingerprint density at radius 2 is 1.78 bits per heavy atom. The molecule has 3 aromatic carbocycles. The molecule has 0 fully saturated rings. The normalized spacial score (nSPS) is 10.9. The fraction of sp³-hybridized carbons (Fsp3) is 0.0952. The summed E-state index contributed by atoms with van der Waals surface area (Å²) < 4.78 is 6.98. The second kappa shape index (κ2) is 9.79. The summed E-state index contributed by atoms with van der Waals surface area (Å²) in [5, 5.41) is 5.60. The summed E-state index contributed by atoms with van der Waals surface area (Å²) in [5.41, 5.74) is 5.85. The molecular weight excluding hydrogens is 447 g/mol. The number of nitrogens with zero attached hydrogens (tertiary/aromatic N) is 1. The van der Waals surface area contributed by atoms with Gasteiger partial charge >= 0.3 is 0 Å². The van der Waals surface area contributed by atoms with E-state index in [9.17, 15) is 0 Å². The minimum atomic E-state index is 0.461. The molecule has 0 saturated heterocycles. The van der Waals surface area contributed by atoms with Crippen molar-refractivity contribution in [3.8, 4) is 5.75 Å². The van der Waals surface area contributed by atoms with Crippen LogP contribution in [0.1, 0.15) is 16.7 Å². The average molecular weight is 464 g/mol. The number of benzene rings is 3. The first-order valence-corrected chi connectivity index (χ1v) is 9.83. The lowest BCUT2D eigenvalue weighted by Crippen LogP contribution is -2.06. The summed E-state index contributed by atoms with van der Waals surface area (Å²) in [6.07, 6.45) is 1.69. The first kappa shape index (κ1) is 19.7. The second-order valence-corrected chi connectivity index (χ2v) is 7.54. The summed E-state index contributed by atoms with van der Waals surface area (Å²) >= 11 is 15.7. The molecule has 1 N–H and O–H groups in total. The van der Waals surface area contributed by atoms with E-state index in [1.807, 2.05) is 60.7 Å². The monoisotopic (exact) mass is 462 g/mol. The molecule has 0 saturated carbocycles. The Morgan fingerprint density at radius 3 is 2.56 bits per heavy atom. The van der Waals surface area contributed by atoms with Crippen molar-refractivity contribution in [1.82, 2.24) is 5.43 Å². The van der Waals surface area contributed by atoms with E-state index in [0.29, 0.717) is 28.9 Å². The van der Waals surface area contributed by atoms with E-state index >= 15 is 0 Å². The number of hydrazone groups is 1. The Bertz CT molecular complexity index is 930. The zero-order valence-electron chi connectivity index (χ0n) is 14.3. The molecule has 0 radical (unpaired) electrons. The van der Waals surface area contributed by atoms with Gasteiger partial charge in [-0.3, -0.25) is 0 Å². The van der Waals surface area contributed by atoms with Crippen LogP contribution in [0.4, 0.5) is 0 Å². The quantitative estimate of drug-likeness (QED) is 0.322. The van der Waals surface area contributed by atoms with Crippen molar-refractivity contribution in [3.05, 3.63) is 97.9 Å². The molecule has 6 heteroatoms. The van der Waals surface area contributed by atoms with Gasteiger partial charge in [0.25, 0.3) is 0 Å². The molecule has 138 valence electrons. The summed E-state index contributed by atoms with van der Waals surface area (Å²) in [7, 11) is 0. The highest BCUT2D eigenvalue weighted by Gasteiger charge is 2.04. The molecule has 3 rings (SSSR count). The lowest BCUT2D eigenvalue weighted by Gasteiger charge is -2.10. The third kappa shape index (κ3) is 5.99. The molecule has 0 aromatic heterocycles. The zero-order chi connectivity index (χ0) is 19.1. The van der Waals surface area contributed by atoms with Gasteiger partial charge in [-0.25, -0.2) is 0 Å². The third-order valence-corrected chi connectivity index (χ3v) is 4.93. The molecule has 3 nitrogen and oxygen atoms in total. The van der Waals surface area contributed by atoms with Crippen molar-refractivity contribution in [2.45, 2.75) is 13.2 Å². The maximum Gasteiger partial charge on any atom is 0.128 e. The van der Waals surface area contributed by atoms with Crippen molar-refractivity contribution in [2.24, 2.45) is 5.10 Å². The second-order valence-electron chi connectivity index (χ2n) is 5.78. The van der Waals surface area contributed by atoms with Crippen molar-refractivity contribution >= 4 is 45.3 Å². The van der Waals surface area contributed by atoms with Crippen LogP contribution in [0, 0.1) is 0 Å². The molecule has 0 aliphatic heterocycles. The van der Waals surface area contributed by atoms with Gasteiger partial charge in [0.05, 0.1) is 12.8 Å². The maximum absolute atomic E-state index is 6.14. The summed E-state index contributed by atoms with van der Waals surface area (Å²) in [5.74, 6) is 0.714. The predicted molar refractivity (Wildman–Crippen MR) is 116 cm³/mol. The molecule has 3 aromatic rings. The first-order chi connectivity index (χ1) is 13.1. The molecule has 0 amide bonds. The first-order valence-electron chi connectivity index (χ1n) is 8.28. The van der Waals surface area contributed by atoms with Crippen LogP contribution in [0.2, 0.25) is 10.0 Å². The van der Waals surface area contributed by atoms with Gasteiger partial charge in [0.1, 0.15) is 12.4 Å². The van der Waals surface area contributed by atoms with Crippen LogP contribution in [-0.4, -0.2) is 6.21 Å². The highest BCUT2D eigenvalue weighted by Crippen LogP contribution is 2.23. The molecule has 27 heavy (non-hydrogen) atoms. The molecule has 0 bridgehead atoms. The minimum absolute atomic E-state index is 0.461. The van der Waals surface area contributed by atoms with Gasteiger partial charge in [-0.15, -0.1) is 0 Å². The fourth-order valence-electron chi connectivity index (χ4n) is 2.38. The molecular formula is C21H17BrCl2N2O. The van der Waals surface area contributed by atoms with Gasteiger partial charge in [-0.05, 0) is 47.5 Å². The summed E-state index contributed by atoms with van der Waals surface area (Å²) in [6, 6.07) is 21.1. The van der Waals surface area contributed by atoms with Gasteiger partial charge in [0.2, 0.25) is 0 Å². The number of nitrogens with one attached hydrogen (secondary N) is 1. The van der Waals surface area contributed by atoms with E-state index in [-0.39, 0.29) is 0 Å². The smallest absolute Gasteiger partial charge is 0.128 e. The van der Waals surface area contributed by atoms with Crippen LogP contribution in [-0.2, 0) is 13.2 Å². The number of hydrogen-bond donors (Lipinski definition) is 1. The fourth-order valence-corrected chi connectivity index (χ4v) is 3.03. The van der Waals surface area contributed by atoms with Crippen LogP contribution < -0.4 is 10.2 Å². The van der Waals surface area contributed by atoms with Crippen molar-refractivity contribution in [2.75, 3.05) is 0 Å². The van der Waals surface area contributed by atoms with Gasteiger partial charge in [0, 0.05) is 20.1 Å². The van der Waals surface area contributed by atoms with Crippen LogP contribution in [0.5, 0.6) is 5.75 Å². The Balaban J connectivity index is 1.64. The van der Waals surface area contributed by atoms with Gasteiger partial charge in [-0.1, -0.05) is 69.5 Å². The molecule has 0 spiro atoms. The number of halogens is 3. The maximum atomic E-state index is 6.14. The highest BCUT2D eigenvalue weighted by molar-refractivity contribution is 9.10.